The van der Waals surface area contributed by atoms with Crippen LogP contribution in [0.5, 0.6) is 0 Å². The Morgan fingerprint density at radius 2 is 1.93 bits per heavy atom. The molecule has 2 aliphatic carbocycles. The standard InChI is InChI=1S/C24H33N3O/c1-3-23(20-14-13-18-9-7-8-10-19(18)15-20)26-24(28)21(16-25)17-27(2)22-11-5-4-6-12-22/h13-15,17,22-23H,3-12H2,1-2H3,(H,26,28)/b21-17-. The number of carbonyl (C=O) groups excluding carboxylic acids is 1. The highest BCUT2D eigenvalue weighted by atomic mass is 16.1. The number of nitrogens with zero attached hydrogens (tertiary/aromatic N) is 2. The minimum Gasteiger partial charge on any atom is -0.376 e. The fourth-order valence-electron chi connectivity index (χ4n) is 4.56. The van der Waals surface area contributed by atoms with Gasteiger partial charge in [-0.05, 0) is 61.6 Å². The molecule has 28 heavy (non-hydrogen) atoms. The molecule has 1 aromatic carbocycles. The molecule has 1 amide bonds. The molecule has 0 bridgehead atoms. The van der Waals surface area contributed by atoms with Crippen molar-refractivity contribution in [1.29, 1.82) is 5.26 Å². The second-order valence-electron chi connectivity index (χ2n) is 8.28. The lowest BCUT2D eigenvalue weighted by Gasteiger charge is -2.30. The Morgan fingerprint density at radius 1 is 1.21 bits per heavy atom. The molecule has 1 unspecified atom stereocenters. The van der Waals surface area contributed by atoms with Crippen LogP contribution in [0.4, 0.5) is 0 Å². The van der Waals surface area contributed by atoms with Crippen LogP contribution in [0, 0.1) is 11.3 Å². The lowest BCUT2D eigenvalue weighted by molar-refractivity contribution is -0.117. The second-order valence-corrected chi connectivity index (χ2v) is 8.28. The fourth-order valence-corrected chi connectivity index (χ4v) is 4.56. The van der Waals surface area contributed by atoms with E-state index in [2.05, 4.69) is 41.4 Å². The summed E-state index contributed by atoms with van der Waals surface area (Å²) in [5.41, 5.74) is 4.21. The van der Waals surface area contributed by atoms with E-state index in [1.165, 1.54) is 43.2 Å². The van der Waals surface area contributed by atoms with Gasteiger partial charge in [0.05, 0.1) is 6.04 Å². The smallest absolute Gasteiger partial charge is 0.263 e. The molecule has 3 rings (SSSR count). The van der Waals surface area contributed by atoms with Crippen molar-refractivity contribution in [3.63, 3.8) is 0 Å². The number of benzene rings is 1. The number of aryl methyl sites for hydroxylation is 2. The molecule has 150 valence electrons. The summed E-state index contributed by atoms with van der Waals surface area (Å²) in [7, 11) is 1.99. The predicted molar refractivity (Wildman–Crippen MR) is 113 cm³/mol. The van der Waals surface area contributed by atoms with Gasteiger partial charge in [0.2, 0.25) is 0 Å². The third-order valence-corrected chi connectivity index (χ3v) is 6.34. The average Bonchev–Trinajstić information content (AvgIpc) is 2.75. The molecule has 0 saturated heterocycles. The minimum atomic E-state index is -0.269. The van der Waals surface area contributed by atoms with E-state index in [9.17, 15) is 10.1 Å². The summed E-state index contributed by atoms with van der Waals surface area (Å²) in [5.74, 6) is -0.269. The van der Waals surface area contributed by atoms with Crippen LogP contribution in [0.2, 0.25) is 0 Å². The Kier molecular flexibility index (Phi) is 7.14. The van der Waals surface area contributed by atoms with Crippen molar-refractivity contribution in [2.45, 2.75) is 83.2 Å². The molecule has 1 aromatic rings. The lowest BCUT2D eigenvalue weighted by atomic mass is 9.88. The number of rotatable bonds is 6. The molecule has 0 spiro atoms. The van der Waals surface area contributed by atoms with Crippen LogP contribution in [-0.4, -0.2) is 23.9 Å². The van der Waals surface area contributed by atoms with Crippen molar-refractivity contribution < 1.29 is 4.79 Å². The maximum Gasteiger partial charge on any atom is 0.263 e. The van der Waals surface area contributed by atoms with Gasteiger partial charge in [-0.1, -0.05) is 44.4 Å². The molecule has 4 heteroatoms. The quantitative estimate of drug-likeness (QED) is 0.570. The molecule has 1 saturated carbocycles. The molecule has 0 radical (unpaired) electrons. The molecular formula is C24H33N3O. The summed E-state index contributed by atoms with van der Waals surface area (Å²) in [5, 5.41) is 12.6. The van der Waals surface area contributed by atoms with Crippen molar-refractivity contribution in [3.8, 4) is 6.07 Å². The van der Waals surface area contributed by atoms with E-state index < -0.39 is 0 Å². The lowest BCUT2D eigenvalue weighted by Crippen LogP contribution is -2.33. The van der Waals surface area contributed by atoms with Crippen molar-refractivity contribution in [2.24, 2.45) is 0 Å². The van der Waals surface area contributed by atoms with E-state index in [-0.39, 0.29) is 17.5 Å². The van der Waals surface area contributed by atoms with Crippen LogP contribution in [0.25, 0.3) is 0 Å². The SMILES string of the molecule is CCC(NC(=O)/C(C#N)=C\N(C)C1CCCCC1)c1ccc2c(c1)CCCC2. The van der Waals surface area contributed by atoms with Gasteiger partial charge in [-0.2, -0.15) is 5.26 Å². The maximum atomic E-state index is 12.8. The van der Waals surface area contributed by atoms with E-state index in [1.807, 2.05) is 7.05 Å². The Balaban J connectivity index is 1.69. The van der Waals surface area contributed by atoms with Crippen LogP contribution in [0.15, 0.2) is 30.0 Å². The molecule has 1 N–H and O–H groups in total. The van der Waals surface area contributed by atoms with Gasteiger partial charge in [0.25, 0.3) is 5.91 Å². The molecule has 2 aliphatic rings. The van der Waals surface area contributed by atoms with Crippen LogP contribution < -0.4 is 5.32 Å². The Labute approximate surface area is 169 Å². The van der Waals surface area contributed by atoms with Gasteiger partial charge in [-0.25, -0.2) is 0 Å². The summed E-state index contributed by atoms with van der Waals surface area (Å²) >= 11 is 0. The average molecular weight is 380 g/mol. The fraction of sp³-hybridized carbons (Fsp3) is 0.583. The van der Waals surface area contributed by atoms with E-state index in [1.54, 1.807) is 6.20 Å². The predicted octanol–water partition coefficient (Wildman–Crippen LogP) is 4.80. The second kappa shape index (κ2) is 9.78. The van der Waals surface area contributed by atoms with Gasteiger partial charge in [0.1, 0.15) is 11.6 Å². The molecule has 4 nitrogen and oxygen atoms in total. The van der Waals surface area contributed by atoms with Gasteiger partial charge < -0.3 is 10.2 Å². The van der Waals surface area contributed by atoms with E-state index in [0.29, 0.717) is 6.04 Å². The number of amides is 1. The summed E-state index contributed by atoms with van der Waals surface area (Å²) in [4.78, 5) is 14.9. The van der Waals surface area contributed by atoms with Crippen LogP contribution >= 0.6 is 0 Å². The first-order valence-electron chi connectivity index (χ1n) is 10.9. The van der Waals surface area contributed by atoms with Crippen LogP contribution in [0.3, 0.4) is 0 Å². The first kappa shape index (κ1) is 20.5. The van der Waals surface area contributed by atoms with Gasteiger partial charge in [0, 0.05) is 19.3 Å². The zero-order chi connectivity index (χ0) is 19.9. The number of hydrogen-bond donors (Lipinski definition) is 1. The zero-order valence-corrected chi connectivity index (χ0v) is 17.3. The summed E-state index contributed by atoms with van der Waals surface area (Å²) in [6.07, 6.45) is 13.4. The van der Waals surface area contributed by atoms with Crippen molar-refractivity contribution in [1.82, 2.24) is 10.2 Å². The number of hydrogen-bond acceptors (Lipinski definition) is 3. The highest BCUT2D eigenvalue weighted by molar-refractivity contribution is 5.97. The molecule has 1 atom stereocenters. The number of carbonyl (C=O) groups is 1. The summed E-state index contributed by atoms with van der Waals surface area (Å²) in [6.45, 7) is 2.08. The summed E-state index contributed by atoms with van der Waals surface area (Å²) in [6, 6.07) is 9.11. The number of nitrogens with one attached hydrogen (secondary N) is 1. The monoisotopic (exact) mass is 379 g/mol. The van der Waals surface area contributed by atoms with Gasteiger partial charge >= 0.3 is 0 Å². The maximum absolute atomic E-state index is 12.8. The summed E-state index contributed by atoms with van der Waals surface area (Å²) < 4.78 is 0. The molecule has 0 aromatic heterocycles. The van der Waals surface area contributed by atoms with E-state index in [4.69, 9.17) is 0 Å². The highest BCUT2D eigenvalue weighted by Crippen LogP contribution is 2.26. The van der Waals surface area contributed by atoms with E-state index in [0.717, 1.165) is 37.7 Å². The zero-order valence-electron chi connectivity index (χ0n) is 17.3. The largest absolute Gasteiger partial charge is 0.376 e. The van der Waals surface area contributed by atoms with Gasteiger partial charge in [0.15, 0.2) is 0 Å². The number of fused-ring (bicyclic) bond motifs is 1. The molecular weight excluding hydrogens is 346 g/mol. The van der Waals surface area contributed by atoms with Crippen molar-refractivity contribution >= 4 is 5.91 Å². The molecule has 0 aliphatic heterocycles. The Bertz CT molecular complexity index is 756. The highest BCUT2D eigenvalue weighted by Gasteiger charge is 2.21. The van der Waals surface area contributed by atoms with Crippen LogP contribution in [-0.2, 0) is 17.6 Å². The van der Waals surface area contributed by atoms with E-state index >= 15 is 0 Å². The molecule has 1 fully saturated rings. The molecule has 0 heterocycles. The van der Waals surface area contributed by atoms with Gasteiger partial charge in [-0.3, -0.25) is 4.79 Å². The topological polar surface area (TPSA) is 56.1 Å². The van der Waals surface area contributed by atoms with Crippen LogP contribution in [0.1, 0.15) is 81.0 Å². The Morgan fingerprint density at radius 3 is 2.61 bits per heavy atom. The van der Waals surface area contributed by atoms with Gasteiger partial charge in [-0.15, -0.1) is 0 Å². The van der Waals surface area contributed by atoms with Crippen molar-refractivity contribution in [2.75, 3.05) is 7.05 Å². The Hall–Kier alpha value is -2.28. The third kappa shape index (κ3) is 4.95. The normalized spacial score (nSPS) is 18.7. The number of nitriles is 1. The first-order chi connectivity index (χ1) is 13.6. The van der Waals surface area contributed by atoms with Crippen molar-refractivity contribution in [3.05, 3.63) is 46.7 Å². The minimum absolute atomic E-state index is 0.0588. The third-order valence-electron chi connectivity index (χ3n) is 6.34. The first-order valence-corrected chi connectivity index (χ1v) is 10.9.